The summed E-state index contributed by atoms with van der Waals surface area (Å²) in [7, 11) is 0. The normalized spacial score (nSPS) is 22.6. The number of hydrogen-bond donors (Lipinski definition) is 0. The molecule has 3 nitrogen and oxygen atoms in total. The van der Waals surface area contributed by atoms with Gasteiger partial charge in [-0.05, 0) is 38.0 Å². The highest BCUT2D eigenvalue weighted by molar-refractivity contribution is 5.84. The molecule has 1 fully saturated rings. The summed E-state index contributed by atoms with van der Waals surface area (Å²) in [4.78, 5) is 9.90. The second-order valence-corrected chi connectivity index (χ2v) is 5.20. The van der Waals surface area contributed by atoms with Gasteiger partial charge in [-0.3, -0.25) is 4.99 Å². The molecule has 18 heavy (non-hydrogen) atoms. The minimum atomic E-state index is 0.612. The van der Waals surface area contributed by atoms with E-state index >= 15 is 0 Å². The molecule has 3 heteroatoms. The monoisotopic (exact) mass is 252 g/mol. The molecule has 0 N–H and O–H groups in total. The van der Waals surface area contributed by atoms with Gasteiger partial charge in [0.2, 0.25) is 0 Å². The third-order valence-corrected chi connectivity index (χ3v) is 3.52. The summed E-state index contributed by atoms with van der Waals surface area (Å²) in [5, 5.41) is 4.29. The van der Waals surface area contributed by atoms with E-state index in [4.69, 9.17) is 4.84 Å². The van der Waals surface area contributed by atoms with E-state index in [0.717, 1.165) is 38.1 Å². The summed E-state index contributed by atoms with van der Waals surface area (Å²) in [5.74, 6) is 0.764. The first-order valence-electron chi connectivity index (χ1n) is 7.46. The standard InChI is InChI=1S/C15H28N2O/c1-4-14(5-2)16-10-11-18-17-15-9-7-6-8-13(3)12-15/h13H,4-12H2,1-3H3. The van der Waals surface area contributed by atoms with Gasteiger partial charge in [0.05, 0.1) is 12.3 Å². The lowest BCUT2D eigenvalue weighted by molar-refractivity contribution is 0.151. The topological polar surface area (TPSA) is 34.0 Å². The lowest BCUT2D eigenvalue weighted by Gasteiger charge is -2.07. The Bertz CT molecular complexity index is 278. The van der Waals surface area contributed by atoms with Gasteiger partial charge in [0.15, 0.2) is 0 Å². The summed E-state index contributed by atoms with van der Waals surface area (Å²) in [5.41, 5.74) is 2.52. The molecule has 1 rings (SSSR count). The summed E-state index contributed by atoms with van der Waals surface area (Å²) in [6, 6.07) is 0. The van der Waals surface area contributed by atoms with Crippen molar-refractivity contribution in [2.45, 2.75) is 65.7 Å². The van der Waals surface area contributed by atoms with E-state index in [-0.39, 0.29) is 0 Å². The van der Waals surface area contributed by atoms with Crippen LogP contribution in [0.3, 0.4) is 0 Å². The van der Waals surface area contributed by atoms with Gasteiger partial charge in [-0.2, -0.15) is 0 Å². The van der Waals surface area contributed by atoms with Crippen molar-refractivity contribution in [3.63, 3.8) is 0 Å². The highest BCUT2D eigenvalue weighted by Crippen LogP contribution is 2.20. The Kier molecular flexibility index (Phi) is 7.70. The summed E-state index contributed by atoms with van der Waals surface area (Å²) in [6.45, 7) is 7.96. The van der Waals surface area contributed by atoms with E-state index in [0.29, 0.717) is 6.61 Å². The smallest absolute Gasteiger partial charge is 0.136 e. The quantitative estimate of drug-likeness (QED) is 0.301. The van der Waals surface area contributed by atoms with E-state index in [2.05, 4.69) is 30.9 Å². The van der Waals surface area contributed by atoms with Crippen molar-refractivity contribution >= 4 is 11.4 Å². The Morgan fingerprint density at radius 1 is 1.28 bits per heavy atom. The zero-order chi connectivity index (χ0) is 13.2. The van der Waals surface area contributed by atoms with Crippen molar-refractivity contribution < 1.29 is 4.84 Å². The SMILES string of the molecule is CCC(CC)=NCCON=C1CCCCC(C)C1. The van der Waals surface area contributed by atoms with Gasteiger partial charge in [0, 0.05) is 5.71 Å². The largest absolute Gasteiger partial charge is 0.394 e. The van der Waals surface area contributed by atoms with Crippen molar-refractivity contribution in [3.05, 3.63) is 0 Å². The van der Waals surface area contributed by atoms with Crippen LogP contribution < -0.4 is 0 Å². The zero-order valence-electron chi connectivity index (χ0n) is 12.2. The van der Waals surface area contributed by atoms with Crippen LogP contribution in [0, 0.1) is 5.92 Å². The molecular weight excluding hydrogens is 224 g/mol. The highest BCUT2D eigenvalue weighted by atomic mass is 16.6. The minimum absolute atomic E-state index is 0.612. The van der Waals surface area contributed by atoms with Crippen LogP contribution in [0.25, 0.3) is 0 Å². The molecule has 0 bridgehead atoms. The van der Waals surface area contributed by atoms with Crippen LogP contribution in [0.5, 0.6) is 0 Å². The number of oxime groups is 1. The van der Waals surface area contributed by atoms with Crippen LogP contribution in [0.2, 0.25) is 0 Å². The van der Waals surface area contributed by atoms with Crippen molar-refractivity contribution in [3.8, 4) is 0 Å². The zero-order valence-corrected chi connectivity index (χ0v) is 12.2. The Balaban J connectivity index is 2.24. The molecule has 0 spiro atoms. The van der Waals surface area contributed by atoms with Gasteiger partial charge in [-0.25, -0.2) is 0 Å². The average molecular weight is 252 g/mol. The average Bonchev–Trinajstić information content (AvgIpc) is 2.58. The van der Waals surface area contributed by atoms with E-state index in [1.54, 1.807) is 0 Å². The van der Waals surface area contributed by atoms with Gasteiger partial charge in [-0.1, -0.05) is 38.8 Å². The fourth-order valence-corrected chi connectivity index (χ4v) is 2.37. The maximum Gasteiger partial charge on any atom is 0.136 e. The van der Waals surface area contributed by atoms with Crippen LogP contribution in [0.15, 0.2) is 10.1 Å². The second-order valence-electron chi connectivity index (χ2n) is 5.20. The maximum absolute atomic E-state index is 5.40. The first-order chi connectivity index (χ1) is 8.76. The number of nitrogens with zero attached hydrogens (tertiary/aromatic N) is 2. The number of aliphatic imine (C=N–C) groups is 1. The van der Waals surface area contributed by atoms with Crippen LogP contribution in [-0.4, -0.2) is 24.6 Å². The number of hydrogen-bond acceptors (Lipinski definition) is 3. The van der Waals surface area contributed by atoms with Gasteiger partial charge in [0.25, 0.3) is 0 Å². The molecule has 0 radical (unpaired) electrons. The van der Waals surface area contributed by atoms with Gasteiger partial charge in [-0.15, -0.1) is 0 Å². The summed E-state index contributed by atoms with van der Waals surface area (Å²) < 4.78 is 0. The second kappa shape index (κ2) is 9.12. The Labute approximate surface area is 112 Å². The van der Waals surface area contributed by atoms with Crippen molar-refractivity contribution in [2.24, 2.45) is 16.1 Å². The van der Waals surface area contributed by atoms with Crippen LogP contribution in [-0.2, 0) is 4.84 Å². The lowest BCUT2D eigenvalue weighted by atomic mass is 10.0. The van der Waals surface area contributed by atoms with E-state index in [1.807, 2.05) is 0 Å². The van der Waals surface area contributed by atoms with Crippen molar-refractivity contribution in [2.75, 3.05) is 13.2 Å². The van der Waals surface area contributed by atoms with E-state index in [9.17, 15) is 0 Å². The fourth-order valence-electron chi connectivity index (χ4n) is 2.37. The molecule has 1 atom stereocenters. The minimum Gasteiger partial charge on any atom is -0.394 e. The Morgan fingerprint density at radius 3 is 2.78 bits per heavy atom. The maximum atomic E-state index is 5.40. The molecule has 0 aliphatic heterocycles. The first-order valence-corrected chi connectivity index (χ1v) is 7.46. The molecule has 0 aromatic rings. The molecule has 1 unspecified atom stereocenters. The predicted octanol–water partition coefficient (Wildman–Crippen LogP) is 4.22. The lowest BCUT2D eigenvalue weighted by Crippen LogP contribution is -2.05. The van der Waals surface area contributed by atoms with E-state index in [1.165, 1.54) is 30.7 Å². The van der Waals surface area contributed by atoms with Crippen molar-refractivity contribution in [1.29, 1.82) is 0 Å². The fraction of sp³-hybridized carbons (Fsp3) is 0.867. The van der Waals surface area contributed by atoms with Gasteiger partial charge in [0.1, 0.15) is 6.61 Å². The molecule has 0 amide bonds. The van der Waals surface area contributed by atoms with Gasteiger partial charge >= 0.3 is 0 Å². The third kappa shape index (κ3) is 6.18. The van der Waals surface area contributed by atoms with Crippen LogP contribution in [0.1, 0.15) is 65.7 Å². The van der Waals surface area contributed by atoms with Crippen molar-refractivity contribution in [1.82, 2.24) is 0 Å². The molecule has 0 aromatic heterocycles. The summed E-state index contributed by atoms with van der Waals surface area (Å²) >= 11 is 0. The first kappa shape index (κ1) is 15.2. The van der Waals surface area contributed by atoms with Crippen LogP contribution >= 0.6 is 0 Å². The van der Waals surface area contributed by atoms with Gasteiger partial charge < -0.3 is 4.84 Å². The molecule has 0 aromatic carbocycles. The molecule has 0 heterocycles. The molecule has 0 saturated heterocycles. The molecule has 1 saturated carbocycles. The molecule has 1 aliphatic carbocycles. The molecule has 1 aliphatic rings. The Hall–Kier alpha value is -0.860. The molecule has 104 valence electrons. The van der Waals surface area contributed by atoms with Crippen LogP contribution in [0.4, 0.5) is 0 Å². The number of rotatable bonds is 6. The Morgan fingerprint density at radius 2 is 2.06 bits per heavy atom. The molecular formula is C15H28N2O. The summed E-state index contributed by atoms with van der Waals surface area (Å²) in [6.07, 6.45) is 8.24. The highest BCUT2D eigenvalue weighted by Gasteiger charge is 2.12. The van der Waals surface area contributed by atoms with E-state index < -0.39 is 0 Å². The predicted molar refractivity (Wildman–Crippen MR) is 78.5 cm³/mol. The third-order valence-electron chi connectivity index (χ3n) is 3.52.